The lowest BCUT2D eigenvalue weighted by Crippen LogP contribution is -2.50. The minimum Gasteiger partial charge on any atom is -0.481 e. The molecule has 0 saturated carbocycles. The van der Waals surface area contributed by atoms with Gasteiger partial charge in [0.15, 0.2) is 0 Å². The lowest BCUT2D eigenvalue weighted by atomic mass is 9.92. The van der Waals surface area contributed by atoms with E-state index in [0.717, 1.165) is 18.4 Å². The molecule has 0 radical (unpaired) electrons. The van der Waals surface area contributed by atoms with Gasteiger partial charge in [-0.2, -0.15) is 0 Å². The summed E-state index contributed by atoms with van der Waals surface area (Å²) in [5.74, 6) is -1.24. The number of rotatable bonds is 5. The molecule has 4 nitrogen and oxygen atoms in total. The smallest absolute Gasteiger partial charge is 0.312 e. The number of hydrogen-bond donors (Lipinski definition) is 2. The van der Waals surface area contributed by atoms with Crippen LogP contribution >= 0.6 is 0 Å². The van der Waals surface area contributed by atoms with Gasteiger partial charge in [0.05, 0.1) is 5.92 Å². The molecule has 3 unspecified atom stereocenters. The van der Waals surface area contributed by atoms with Crippen LogP contribution in [-0.4, -0.2) is 41.1 Å². The number of carbonyl (C=O) groups is 1. The lowest BCUT2D eigenvalue weighted by molar-refractivity contribution is -0.139. The minimum absolute atomic E-state index is 0.310. The van der Waals surface area contributed by atoms with Crippen molar-refractivity contribution in [1.29, 1.82) is 0 Å². The molecule has 0 bridgehead atoms. The average Bonchev–Trinajstić information content (AvgIpc) is 2.46. The zero-order valence-electron chi connectivity index (χ0n) is 12.0. The molecule has 1 heterocycles. The third-order valence-corrected chi connectivity index (χ3v) is 4.36. The Kier molecular flexibility index (Phi) is 5.15. The Morgan fingerprint density at radius 2 is 2.10 bits per heavy atom. The standard InChI is InChI=1S/C16H24N2O2/c1-12-6-5-9-14(10-17)18(12)11-15(16(19)20)13-7-3-2-4-8-13/h2-4,7-8,12,14-15H,5-6,9-11,17H2,1H3,(H,19,20). The first kappa shape index (κ1) is 15.0. The van der Waals surface area contributed by atoms with E-state index in [4.69, 9.17) is 5.73 Å². The minimum atomic E-state index is -0.759. The summed E-state index contributed by atoms with van der Waals surface area (Å²) in [5.41, 5.74) is 6.73. The van der Waals surface area contributed by atoms with E-state index < -0.39 is 11.9 Å². The molecule has 1 aliphatic rings. The first-order valence-corrected chi connectivity index (χ1v) is 7.37. The Balaban J connectivity index is 2.16. The van der Waals surface area contributed by atoms with E-state index in [-0.39, 0.29) is 0 Å². The molecule has 0 aromatic heterocycles. The lowest BCUT2D eigenvalue weighted by Gasteiger charge is -2.41. The topological polar surface area (TPSA) is 66.6 Å². The van der Waals surface area contributed by atoms with Gasteiger partial charge >= 0.3 is 5.97 Å². The maximum atomic E-state index is 11.6. The van der Waals surface area contributed by atoms with E-state index >= 15 is 0 Å². The molecule has 1 fully saturated rings. The Morgan fingerprint density at radius 1 is 1.40 bits per heavy atom. The zero-order valence-corrected chi connectivity index (χ0v) is 12.0. The molecule has 1 aliphatic heterocycles. The summed E-state index contributed by atoms with van der Waals surface area (Å²) in [6.45, 7) is 3.32. The van der Waals surface area contributed by atoms with Gasteiger partial charge in [0, 0.05) is 25.2 Å². The molecule has 110 valence electrons. The van der Waals surface area contributed by atoms with Gasteiger partial charge in [-0.25, -0.2) is 0 Å². The quantitative estimate of drug-likeness (QED) is 0.864. The first-order chi connectivity index (χ1) is 9.63. The molecular formula is C16H24N2O2. The van der Waals surface area contributed by atoms with E-state index in [1.54, 1.807) is 0 Å². The number of nitrogens with zero attached hydrogens (tertiary/aromatic N) is 1. The van der Waals surface area contributed by atoms with Crippen LogP contribution in [0.5, 0.6) is 0 Å². The number of benzene rings is 1. The van der Waals surface area contributed by atoms with Crippen LogP contribution in [0.25, 0.3) is 0 Å². The number of likely N-dealkylation sites (tertiary alicyclic amines) is 1. The summed E-state index contributed by atoms with van der Waals surface area (Å²) in [4.78, 5) is 13.9. The fraction of sp³-hybridized carbons (Fsp3) is 0.562. The predicted molar refractivity (Wildman–Crippen MR) is 79.7 cm³/mol. The van der Waals surface area contributed by atoms with E-state index in [1.807, 2.05) is 30.3 Å². The van der Waals surface area contributed by atoms with Gasteiger partial charge < -0.3 is 10.8 Å². The van der Waals surface area contributed by atoms with Crippen LogP contribution < -0.4 is 5.73 Å². The van der Waals surface area contributed by atoms with Crippen molar-refractivity contribution in [2.45, 2.75) is 44.2 Å². The molecule has 4 heteroatoms. The van der Waals surface area contributed by atoms with Crippen molar-refractivity contribution in [3.63, 3.8) is 0 Å². The maximum Gasteiger partial charge on any atom is 0.312 e. The Bertz CT molecular complexity index is 435. The highest BCUT2D eigenvalue weighted by Gasteiger charge is 2.31. The van der Waals surface area contributed by atoms with Gasteiger partial charge in [-0.05, 0) is 25.3 Å². The van der Waals surface area contributed by atoms with Crippen molar-refractivity contribution < 1.29 is 9.90 Å². The largest absolute Gasteiger partial charge is 0.481 e. The highest BCUT2D eigenvalue weighted by atomic mass is 16.4. The summed E-state index contributed by atoms with van der Waals surface area (Å²) >= 11 is 0. The maximum absolute atomic E-state index is 11.6. The molecule has 1 saturated heterocycles. The van der Waals surface area contributed by atoms with Crippen molar-refractivity contribution >= 4 is 5.97 Å². The number of carboxylic acids is 1. The first-order valence-electron chi connectivity index (χ1n) is 7.37. The van der Waals surface area contributed by atoms with E-state index in [1.165, 1.54) is 6.42 Å². The van der Waals surface area contributed by atoms with Crippen LogP contribution in [0.3, 0.4) is 0 Å². The highest BCUT2D eigenvalue weighted by Crippen LogP contribution is 2.26. The molecule has 20 heavy (non-hydrogen) atoms. The van der Waals surface area contributed by atoms with Crippen molar-refractivity contribution in [2.75, 3.05) is 13.1 Å². The number of nitrogens with two attached hydrogens (primary N) is 1. The monoisotopic (exact) mass is 276 g/mol. The van der Waals surface area contributed by atoms with Gasteiger partial charge in [0.2, 0.25) is 0 Å². The van der Waals surface area contributed by atoms with Crippen LogP contribution in [0, 0.1) is 0 Å². The summed E-state index contributed by atoms with van der Waals surface area (Å²) < 4.78 is 0. The Hall–Kier alpha value is -1.39. The highest BCUT2D eigenvalue weighted by molar-refractivity contribution is 5.76. The molecular weight excluding hydrogens is 252 g/mol. The molecule has 1 aromatic rings. The summed E-state index contributed by atoms with van der Waals surface area (Å²) in [7, 11) is 0. The molecule has 3 N–H and O–H groups in total. The van der Waals surface area contributed by atoms with Crippen molar-refractivity contribution in [3.8, 4) is 0 Å². The molecule has 2 rings (SSSR count). The fourth-order valence-corrected chi connectivity index (χ4v) is 3.14. The molecule has 1 aromatic carbocycles. The van der Waals surface area contributed by atoms with E-state index in [9.17, 15) is 9.90 Å². The third-order valence-electron chi connectivity index (χ3n) is 4.36. The second-order valence-corrected chi connectivity index (χ2v) is 5.67. The SMILES string of the molecule is CC1CCCC(CN)N1CC(C(=O)O)c1ccccc1. The second-order valence-electron chi connectivity index (χ2n) is 5.67. The van der Waals surface area contributed by atoms with Crippen LogP contribution in [0.15, 0.2) is 30.3 Å². The number of hydrogen-bond acceptors (Lipinski definition) is 3. The van der Waals surface area contributed by atoms with Crippen LogP contribution in [0.1, 0.15) is 37.7 Å². The van der Waals surface area contributed by atoms with Crippen molar-refractivity contribution in [3.05, 3.63) is 35.9 Å². The normalized spacial score (nSPS) is 25.3. The van der Waals surface area contributed by atoms with Crippen LogP contribution in [0.2, 0.25) is 0 Å². The second kappa shape index (κ2) is 6.86. The fourth-order valence-electron chi connectivity index (χ4n) is 3.14. The van der Waals surface area contributed by atoms with Gasteiger partial charge in [-0.3, -0.25) is 9.69 Å². The number of carboxylic acid groups (broad SMARTS) is 1. The Labute approximate surface area is 120 Å². The van der Waals surface area contributed by atoms with Gasteiger partial charge in [-0.1, -0.05) is 36.8 Å². The van der Waals surface area contributed by atoms with E-state index in [2.05, 4.69) is 11.8 Å². The third kappa shape index (κ3) is 3.38. The van der Waals surface area contributed by atoms with Gasteiger partial charge in [0.1, 0.15) is 0 Å². The molecule has 0 amide bonds. The molecule has 3 atom stereocenters. The van der Waals surface area contributed by atoms with Crippen LogP contribution in [-0.2, 0) is 4.79 Å². The molecule has 0 aliphatic carbocycles. The zero-order chi connectivity index (χ0) is 14.5. The molecule has 0 spiro atoms. The van der Waals surface area contributed by atoms with E-state index in [0.29, 0.717) is 25.2 Å². The van der Waals surface area contributed by atoms with Crippen LogP contribution in [0.4, 0.5) is 0 Å². The van der Waals surface area contributed by atoms with Gasteiger partial charge in [0.25, 0.3) is 0 Å². The number of piperidine rings is 1. The average molecular weight is 276 g/mol. The van der Waals surface area contributed by atoms with Crippen molar-refractivity contribution in [1.82, 2.24) is 4.90 Å². The summed E-state index contributed by atoms with van der Waals surface area (Å²) in [6, 6.07) is 10.2. The van der Waals surface area contributed by atoms with Gasteiger partial charge in [-0.15, -0.1) is 0 Å². The summed E-state index contributed by atoms with van der Waals surface area (Å²) in [5, 5.41) is 9.54. The predicted octanol–water partition coefficient (Wildman–Crippen LogP) is 2.06. The Morgan fingerprint density at radius 3 is 2.70 bits per heavy atom. The number of aliphatic carboxylic acids is 1. The van der Waals surface area contributed by atoms with Crippen molar-refractivity contribution in [2.24, 2.45) is 5.73 Å². The summed E-state index contributed by atoms with van der Waals surface area (Å²) in [6.07, 6.45) is 3.38.